The van der Waals surface area contributed by atoms with Gasteiger partial charge in [0.1, 0.15) is 5.75 Å². The number of hydrogen-bond donors (Lipinski definition) is 3. The van der Waals surface area contributed by atoms with E-state index in [9.17, 15) is 23.4 Å². The van der Waals surface area contributed by atoms with E-state index in [1.54, 1.807) is 24.4 Å². The molecule has 3 N–H and O–H groups in total. The fraction of sp³-hybridized carbons (Fsp3) is 0.320. The highest BCUT2D eigenvalue weighted by Crippen LogP contribution is 2.36. The summed E-state index contributed by atoms with van der Waals surface area (Å²) in [6.07, 6.45) is -0.207. The van der Waals surface area contributed by atoms with Crippen LogP contribution in [0.1, 0.15) is 41.7 Å². The Morgan fingerprint density at radius 2 is 1.85 bits per heavy atom. The van der Waals surface area contributed by atoms with Crippen LogP contribution in [-0.2, 0) is 6.42 Å². The highest BCUT2D eigenvalue weighted by Gasteiger charge is 2.31. The smallest absolute Gasteiger partial charge is 0.406 e. The van der Waals surface area contributed by atoms with E-state index < -0.39 is 12.7 Å². The number of benzene rings is 2. The van der Waals surface area contributed by atoms with Crippen LogP contribution in [0.4, 0.5) is 30.2 Å². The summed E-state index contributed by atoms with van der Waals surface area (Å²) < 4.78 is 41.2. The summed E-state index contributed by atoms with van der Waals surface area (Å²) in [5.74, 6) is 0.00159. The first-order chi connectivity index (χ1) is 16.2. The second-order valence-electron chi connectivity index (χ2n) is 8.29. The molecular weight excluding hydrogens is 447 g/mol. The molecule has 1 aliphatic rings. The Kier molecular flexibility index (Phi) is 6.95. The second kappa shape index (κ2) is 9.90. The van der Waals surface area contributed by atoms with Crippen molar-refractivity contribution in [1.29, 1.82) is 0 Å². The quantitative estimate of drug-likeness (QED) is 0.406. The van der Waals surface area contributed by atoms with Gasteiger partial charge in [-0.1, -0.05) is 6.07 Å². The van der Waals surface area contributed by atoms with Crippen molar-refractivity contribution in [2.75, 3.05) is 23.8 Å². The van der Waals surface area contributed by atoms with Gasteiger partial charge in [0.25, 0.3) is 0 Å². The number of aliphatic hydroxyl groups excluding tert-OH is 1. The molecule has 6 nitrogen and oxygen atoms in total. The first-order valence-electron chi connectivity index (χ1n) is 11.0. The molecule has 1 aliphatic carbocycles. The number of aromatic nitrogens is 1. The van der Waals surface area contributed by atoms with Crippen LogP contribution in [0.5, 0.6) is 5.75 Å². The lowest BCUT2D eigenvalue weighted by atomic mass is 9.82. The van der Waals surface area contributed by atoms with Crippen molar-refractivity contribution in [2.24, 2.45) is 0 Å². The molecule has 1 atom stereocenters. The first-order valence-corrected chi connectivity index (χ1v) is 11.0. The summed E-state index contributed by atoms with van der Waals surface area (Å²) in [7, 11) is 1.87. The molecule has 0 amide bonds. The number of aryl methyl sites for hydroxylation is 1. The maximum absolute atomic E-state index is 12.4. The zero-order valence-corrected chi connectivity index (χ0v) is 18.6. The summed E-state index contributed by atoms with van der Waals surface area (Å²) >= 11 is 0. The number of hydrogen-bond acceptors (Lipinski definition) is 6. The molecule has 0 radical (unpaired) electrons. The molecule has 0 spiro atoms. The van der Waals surface area contributed by atoms with Gasteiger partial charge in [0, 0.05) is 42.6 Å². The molecule has 0 unspecified atom stereocenters. The molecule has 0 saturated heterocycles. The Balaban J connectivity index is 1.47. The van der Waals surface area contributed by atoms with Gasteiger partial charge in [0.05, 0.1) is 11.9 Å². The van der Waals surface area contributed by atoms with E-state index in [2.05, 4.69) is 27.2 Å². The lowest BCUT2D eigenvalue weighted by Gasteiger charge is -2.29. The summed E-state index contributed by atoms with van der Waals surface area (Å²) in [6.45, 7) is 0.633. The molecule has 1 aromatic heterocycles. The number of rotatable bonds is 7. The molecule has 3 aromatic rings. The van der Waals surface area contributed by atoms with Crippen LogP contribution >= 0.6 is 0 Å². The van der Waals surface area contributed by atoms with Crippen molar-refractivity contribution in [3.8, 4) is 5.75 Å². The average molecular weight is 473 g/mol. The van der Waals surface area contributed by atoms with Crippen LogP contribution in [0.25, 0.3) is 0 Å². The van der Waals surface area contributed by atoms with E-state index in [-0.39, 0.29) is 11.7 Å². The van der Waals surface area contributed by atoms with Crippen molar-refractivity contribution in [1.82, 2.24) is 4.98 Å². The lowest BCUT2D eigenvalue weighted by Crippen LogP contribution is -2.20. The van der Waals surface area contributed by atoms with Crippen molar-refractivity contribution in [2.45, 2.75) is 37.8 Å². The van der Waals surface area contributed by atoms with E-state index in [0.717, 1.165) is 30.6 Å². The Morgan fingerprint density at radius 1 is 1.12 bits per heavy atom. The van der Waals surface area contributed by atoms with Crippen LogP contribution in [0.15, 0.2) is 60.9 Å². The SMILES string of the molecule is CN(c1ccc(OC(F)(F)F)cc1)c1ccc2c(c1)CCC[C@H]2CNc1cnccc1C(O)O. The van der Waals surface area contributed by atoms with Crippen molar-refractivity contribution < 1.29 is 28.1 Å². The number of anilines is 3. The highest BCUT2D eigenvalue weighted by molar-refractivity contribution is 5.65. The maximum atomic E-state index is 12.4. The van der Waals surface area contributed by atoms with Crippen LogP contribution in [-0.4, -0.2) is 35.2 Å². The van der Waals surface area contributed by atoms with Gasteiger partial charge in [-0.3, -0.25) is 4.98 Å². The molecule has 9 heteroatoms. The van der Waals surface area contributed by atoms with E-state index in [0.29, 0.717) is 17.8 Å². The predicted octanol–water partition coefficient (Wildman–Crippen LogP) is 5.26. The zero-order chi connectivity index (χ0) is 24.3. The average Bonchev–Trinajstić information content (AvgIpc) is 2.81. The third-order valence-corrected chi connectivity index (χ3v) is 6.08. The molecule has 34 heavy (non-hydrogen) atoms. The molecule has 0 saturated carbocycles. The van der Waals surface area contributed by atoms with Crippen LogP contribution < -0.4 is 15.0 Å². The monoisotopic (exact) mass is 473 g/mol. The minimum atomic E-state index is -4.71. The van der Waals surface area contributed by atoms with Gasteiger partial charge in [0.15, 0.2) is 6.29 Å². The number of nitrogens with zero attached hydrogens (tertiary/aromatic N) is 2. The van der Waals surface area contributed by atoms with E-state index in [1.807, 2.05) is 18.0 Å². The molecule has 2 aromatic carbocycles. The molecule has 4 rings (SSSR count). The molecule has 180 valence electrons. The largest absolute Gasteiger partial charge is 0.573 e. The van der Waals surface area contributed by atoms with Gasteiger partial charge in [0.2, 0.25) is 0 Å². The molecule has 0 aliphatic heterocycles. The predicted molar refractivity (Wildman–Crippen MR) is 123 cm³/mol. The number of nitrogens with one attached hydrogen (secondary N) is 1. The summed E-state index contributed by atoms with van der Waals surface area (Å²) in [5, 5.41) is 22.4. The lowest BCUT2D eigenvalue weighted by molar-refractivity contribution is -0.274. The molecular formula is C25H26F3N3O3. The van der Waals surface area contributed by atoms with Crippen molar-refractivity contribution in [3.63, 3.8) is 0 Å². The van der Waals surface area contributed by atoms with Gasteiger partial charge < -0.3 is 25.2 Å². The molecule has 0 bridgehead atoms. The fourth-order valence-corrected chi connectivity index (χ4v) is 4.35. The van der Waals surface area contributed by atoms with Crippen LogP contribution in [0, 0.1) is 0 Å². The standard InChI is InChI=1S/C25H26F3N3O3/c1-31(18-5-8-20(9-6-18)34-25(26,27)28)19-7-10-21-16(13-19)3-2-4-17(21)14-30-23-15-29-12-11-22(23)24(32)33/h5-13,15,17,24,30,32-33H,2-4,14H2,1H3/t17-/m0/s1. The zero-order valence-electron chi connectivity index (χ0n) is 18.6. The number of alkyl halides is 3. The van der Waals surface area contributed by atoms with Gasteiger partial charge >= 0.3 is 6.36 Å². The molecule has 0 fully saturated rings. The number of ether oxygens (including phenoxy) is 1. The highest BCUT2D eigenvalue weighted by atomic mass is 19.4. The third-order valence-electron chi connectivity index (χ3n) is 6.08. The first kappa shape index (κ1) is 23.8. The topological polar surface area (TPSA) is 77.9 Å². The van der Waals surface area contributed by atoms with E-state index in [1.165, 1.54) is 29.5 Å². The molecule has 1 heterocycles. The third kappa shape index (κ3) is 5.60. The Labute approximate surface area is 195 Å². The van der Waals surface area contributed by atoms with Crippen molar-refractivity contribution in [3.05, 3.63) is 77.6 Å². The number of halogens is 3. The van der Waals surface area contributed by atoms with E-state index in [4.69, 9.17) is 0 Å². The normalized spacial score (nSPS) is 15.7. The number of aliphatic hydroxyl groups is 2. The van der Waals surface area contributed by atoms with Gasteiger partial charge in [-0.15, -0.1) is 13.2 Å². The van der Waals surface area contributed by atoms with Crippen LogP contribution in [0.2, 0.25) is 0 Å². The van der Waals surface area contributed by atoms with Gasteiger partial charge in [-0.05, 0) is 72.9 Å². The Morgan fingerprint density at radius 3 is 2.56 bits per heavy atom. The Bertz CT molecular complexity index is 1120. The summed E-state index contributed by atoms with van der Waals surface area (Å²) in [4.78, 5) is 5.99. The van der Waals surface area contributed by atoms with Gasteiger partial charge in [-0.25, -0.2) is 0 Å². The van der Waals surface area contributed by atoms with E-state index >= 15 is 0 Å². The van der Waals surface area contributed by atoms with Crippen LogP contribution in [0.3, 0.4) is 0 Å². The summed E-state index contributed by atoms with van der Waals surface area (Å²) in [6, 6.07) is 13.6. The maximum Gasteiger partial charge on any atom is 0.573 e. The minimum Gasteiger partial charge on any atom is -0.406 e. The van der Waals surface area contributed by atoms with Gasteiger partial charge in [-0.2, -0.15) is 0 Å². The fourth-order valence-electron chi connectivity index (χ4n) is 4.35. The Hall–Kier alpha value is -3.30. The van der Waals surface area contributed by atoms with Crippen molar-refractivity contribution >= 4 is 17.1 Å². The second-order valence-corrected chi connectivity index (χ2v) is 8.29. The summed E-state index contributed by atoms with van der Waals surface area (Å²) in [5.41, 5.74) is 5.13. The number of fused-ring (bicyclic) bond motifs is 1. The number of pyridine rings is 1. The minimum absolute atomic E-state index is 0.254.